The van der Waals surface area contributed by atoms with E-state index >= 15 is 0 Å². The second kappa shape index (κ2) is 46.0. The molecule has 2 saturated heterocycles. The van der Waals surface area contributed by atoms with Gasteiger partial charge in [0.05, 0.1) is 133 Å². The van der Waals surface area contributed by atoms with Gasteiger partial charge in [-0.2, -0.15) is 0 Å². The number of carbonyl (C=O) groups is 7. The number of halogens is 1. The van der Waals surface area contributed by atoms with Crippen molar-refractivity contribution >= 4 is 105 Å². The van der Waals surface area contributed by atoms with Crippen LogP contribution in [0.2, 0.25) is 0 Å². The van der Waals surface area contributed by atoms with Crippen molar-refractivity contribution < 1.29 is 56.9 Å². The van der Waals surface area contributed by atoms with E-state index in [1.165, 1.54) is 40.2 Å². The quantitative estimate of drug-likeness (QED) is 0.0470. The third-order valence-corrected chi connectivity index (χ3v) is 27.8. The molecule has 33 heteroatoms. The molecule has 12 heterocycles. The van der Waals surface area contributed by atoms with Crippen molar-refractivity contribution in [3.05, 3.63) is 214 Å². The van der Waals surface area contributed by atoms with E-state index in [-0.39, 0.29) is 112 Å². The molecule has 3 saturated carbocycles. The number of aromatic amines is 1. The molecular weight excluding hydrogens is 1760 g/mol. The van der Waals surface area contributed by atoms with E-state index in [0.29, 0.717) is 99.5 Å². The first-order chi connectivity index (χ1) is 66.2. The number of fused-ring (bicyclic) bond motifs is 7. The van der Waals surface area contributed by atoms with E-state index in [2.05, 4.69) is 108 Å². The number of ether oxygens (including phenoxy) is 4. The predicted octanol–water partition coefficient (Wildman–Crippen LogP) is 13.7. The number of carbonyl (C=O) groups excluding carboxylic acids is 7. The molecule has 21 rings (SSSR count). The number of aliphatic imine (C=N–C) groups is 7. The number of amidine groups is 7. The van der Waals surface area contributed by atoms with Crippen molar-refractivity contribution in [2.75, 3.05) is 80.9 Å². The van der Waals surface area contributed by atoms with Gasteiger partial charge in [-0.25, -0.2) is 19.3 Å². The molecule has 9 aliphatic heterocycles. The zero-order valence-electron chi connectivity index (χ0n) is 79.9. The van der Waals surface area contributed by atoms with Crippen LogP contribution < -0.4 is 30.7 Å². The summed E-state index contributed by atoms with van der Waals surface area (Å²) in [5, 5.41) is 13.6. The van der Waals surface area contributed by atoms with Crippen molar-refractivity contribution in [3.8, 4) is 11.5 Å². The van der Waals surface area contributed by atoms with Crippen LogP contribution in [0, 0.1) is 54.2 Å². The lowest BCUT2D eigenvalue weighted by Gasteiger charge is -2.43. The number of nitrogens with one attached hydrogen (secondary N) is 5. The second-order valence-electron chi connectivity index (χ2n) is 38.0. The molecule has 11 atom stereocenters. The average Bonchev–Trinajstić information content (AvgIpc) is 1.74. The fourth-order valence-electron chi connectivity index (χ4n) is 19.9. The number of thiazole rings is 1. The Morgan fingerprint density at radius 2 is 1.47 bits per heavy atom. The highest BCUT2D eigenvalue weighted by molar-refractivity contribution is 7.07. The SMILES string of the molecule is C=CCN1C(=O)CCN=C1c1ccc2nc[nH]c2c1.CC(C)CC1CN=C(C2CCCO2)NC1=O.CN(C)CC1=N[C@H]2CCC[C@H]2C(=O)N1Cc1ccc(F)cc1.CN1C(=O)[C@@H]2CCCC[C@]2(C)N=C1c1cnccn1.COc1ccc(C2CC(=O)NC(Cc3cscn3)=N2)cc1.Cc1ccc(OCC2=N[C@@]3(C)CCC[C@H]3C(=O)N2)cc1.O=C1NC(C2CCOCC2)=N[C@H]2c3ccccc3C[C@@H]12. The van der Waals surface area contributed by atoms with Crippen LogP contribution in [0.4, 0.5) is 4.39 Å². The highest BCUT2D eigenvalue weighted by atomic mass is 32.1. The van der Waals surface area contributed by atoms with E-state index in [1.54, 1.807) is 77.5 Å². The summed E-state index contributed by atoms with van der Waals surface area (Å²) in [6.45, 7) is 19.6. The van der Waals surface area contributed by atoms with Gasteiger partial charge in [0, 0.05) is 75.5 Å². The van der Waals surface area contributed by atoms with E-state index in [1.807, 2.05) is 110 Å². The minimum atomic E-state index is -0.269. The van der Waals surface area contributed by atoms with Gasteiger partial charge >= 0.3 is 0 Å². The first-order valence-corrected chi connectivity index (χ1v) is 49.0. The summed E-state index contributed by atoms with van der Waals surface area (Å²) in [4.78, 5) is 145. The predicted molar refractivity (Wildman–Crippen MR) is 527 cm³/mol. The van der Waals surface area contributed by atoms with Gasteiger partial charge in [0.1, 0.15) is 70.7 Å². The fourth-order valence-corrected chi connectivity index (χ4v) is 20.5. The van der Waals surface area contributed by atoms with Gasteiger partial charge in [-0.05, 0) is 195 Å². The molecule has 7 amide bonds. The van der Waals surface area contributed by atoms with Crippen molar-refractivity contribution in [1.82, 2.24) is 65.8 Å². The molecule has 4 aliphatic carbocycles. The van der Waals surface area contributed by atoms with E-state index < -0.39 is 0 Å². The van der Waals surface area contributed by atoms with Crippen LogP contribution in [0.5, 0.6) is 11.5 Å². The summed E-state index contributed by atoms with van der Waals surface area (Å²) in [6.07, 6.45) is 25.6. The lowest BCUT2D eigenvalue weighted by molar-refractivity contribution is -0.135. The molecule has 3 unspecified atom stereocenters. The lowest BCUT2D eigenvalue weighted by atomic mass is 9.72. The van der Waals surface area contributed by atoms with E-state index in [0.717, 1.165) is 185 Å². The Balaban J connectivity index is 0.000000122. The number of methoxy groups -OCH3 is 1. The number of nitrogens with zero attached hydrogens (tertiary/aromatic N) is 15. The van der Waals surface area contributed by atoms with Gasteiger partial charge in [-0.1, -0.05) is 112 Å². The zero-order chi connectivity index (χ0) is 96.3. The van der Waals surface area contributed by atoms with Gasteiger partial charge in [0.2, 0.25) is 41.4 Å². The topological polar surface area (TPSA) is 371 Å². The van der Waals surface area contributed by atoms with Gasteiger partial charge in [0.15, 0.2) is 5.84 Å². The molecule has 3 aromatic heterocycles. The molecule has 137 heavy (non-hydrogen) atoms. The van der Waals surface area contributed by atoms with Gasteiger partial charge < -0.3 is 50.1 Å². The number of hydrogen-bond donors (Lipinski definition) is 5. The standard InChI is InChI=1S/C17H22FN3O.C16H18N2O2.C16H20N2O2.C15H15N3O2S.C14H18N4O.C14H14N4O.C12H20N2O2/c1-20(2)11-16-19-15-5-3-4-14(15)17(22)21(16)10-12-6-8-13(18)9-7-12;19-16-13-9-11-3-1-2-4-12(11)14(13)17-15(18-16)10-5-7-20-8-6-10;1-11-5-7-12(8-6-11)20-10-14-17-15(19)13-4-3-9-16(13,2)18-14;1-20-12-4-2-10(3-5-12)13-7-15(19)18-14(17-13)6-11-8-21-9-16-11;1-14-6-4-3-5-10(14)13(19)18(2)12(17-14)11-9-15-7-8-16-11;1-2-7-18-13(19)5-6-15-14(18)10-3-4-11-12(8-10)17-9-16-11;1-8(2)6-9-7-13-11(14-12(9)15)10-4-3-5-16-10/h6-9,14-15H,3-5,10-11H2,1-2H3;1-4,10,13-14H,5-9H2,(H,17,18,19);5-8,13H,3-4,9-10H2,1-2H3,(H,17,18,19);2-5,8-9,13H,6-7H2,1H3,(H,17,18,19);7-10H,3-6H2,1-2H3;2-4,8-9H,1,5-7H2,(H,16,17);8-10H,3-7H2,1-2H3,(H,13,14,15)/t14-,15+;13-,14+;13-,16-;;10-,14-;;/m110.0../s1. The number of H-pyrrole nitrogens is 1. The number of likely N-dealkylation sites (N-methyl/N-ethyl adjacent to an activating group) is 1. The van der Waals surface area contributed by atoms with E-state index in [4.69, 9.17) is 38.9 Å². The molecule has 8 aromatic rings. The molecule has 5 N–H and O–H groups in total. The maximum Gasteiger partial charge on any atom is 0.233 e. The molecule has 5 fully saturated rings. The van der Waals surface area contributed by atoms with Crippen LogP contribution in [0.25, 0.3) is 11.0 Å². The van der Waals surface area contributed by atoms with Crippen molar-refractivity contribution in [3.63, 3.8) is 0 Å². The molecule has 722 valence electrons. The molecule has 13 aliphatic rings. The van der Waals surface area contributed by atoms with Crippen LogP contribution in [-0.2, 0) is 62.4 Å². The number of benzene rings is 5. The molecule has 5 aromatic carbocycles. The monoisotopic (exact) mass is 1880 g/mol. The Hall–Kier alpha value is -12.6. The molecule has 0 spiro atoms. The van der Waals surface area contributed by atoms with Crippen LogP contribution in [0.15, 0.2) is 199 Å². The average molecular weight is 1880 g/mol. The Kier molecular flexibility index (Phi) is 33.2. The molecule has 0 radical (unpaired) electrons. The van der Waals surface area contributed by atoms with Crippen molar-refractivity contribution in [2.45, 2.75) is 198 Å². The number of aromatic nitrogens is 5. The number of aryl methyl sites for hydroxylation is 1. The van der Waals surface area contributed by atoms with E-state index in [9.17, 15) is 38.0 Å². The third-order valence-electron chi connectivity index (χ3n) is 27.2. The summed E-state index contributed by atoms with van der Waals surface area (Å²) in [5.74, 6) is 8.30. The Bertz CT molecular complexity index is 5810. The summed E-state index contributed by atoms with van der Waals surface area (Å²) in [6, 6.07) is 36.1. The first kappa shape index (κ1) is 98.9. The van der Waals surface area contributed by atoms with Crippen molar-refractivity contribution in [1.29, 1.82) is 0 Å². The minimum Gasteiger partial charge on any atom is -0.497 e. The van der Waals surface area contributed by atoms with Crippen LogP contribution >= 0.6 is 11.3 Å². The van der Waals surface area contributed by atoms with Gasteiger partial charge in [-0.3, -0.25) is 88.2 Å². The maximum absolute atomic E-state index is 13.1. The summed E-state index contributed by atoms with van der Waals surface area (Å²) >= 11 is 1.54. The maximum atomic E-state index is 13.1. The zero-order valence-corrected chi connectivity index (χ0v) is 80.7. The number of hydrogen-bond acceptors (Lipinski definition) is 24. The fraction of sp³-hybridized carbons (Fsp3) is 0.481. The third kappa shape index (κ3) is 25.1. The first-order valence-electron chi connectivity index (χ1n) is 48.0. The Labute approximate surface area is 804 Å². The van der Waals surface area contributed by atoms with Crippen LogP contribution in [0.1, 0.15) is 194 Å². The Morgan fingerprint density at radius 3 is 2.20 bits per heavy atom. The number of rotatable bonds is 19. The number of imidazole rings is 1. The highest BCUT2D eigenvalue weighted by Gasteiger charge is 2.49. The summed E-state index contributed by atoms with van der Waals surface area (Å²) in [5.41, 5.74) is 11.3. The lowest BCUT2D eigenvalue weighted by Crippen LogP contribution is -2.54. The van der Waals surface area contributed by atoms with Gasteiger partial charge in [0.25, 0.3) is 0 Å². The highest BCUT2D eigenvalue weighted by Crippen LogP contribution is 2.45. The van der Waals surface area contributed by atoms with Crippen molar-refractivity contribution in [2.24, 2.45) is 76.4 Å². The van der Waals surface area contributed by atoms with Crippen LogP contribution in [-0.4, -0.2) is 231 Å². The second-order valence-corrected chi connectivity index (χ2v) is 38.7. The minimum absolute atomic E-state index is 0.00366. The molecular formula is C104H127FN20O11S. The largest absolute Gasteiger partial charge is 0.497 e. The molecule has 31 nitrogen and oxygen atoms in total. The summed E-state index contributed by atoms with van der Waals surface area (Å²) < 4.78 is 34.8. The molecule has 0 bridgehead atoms. The summed E-state index contributed by atoms with van der Waals surface area (Å²) in [7, 11) is 7.37. The normalized spacial score (nSPS) is 25.2. The number of amides is 7. The smallest absolute Gasteiger partial charge is 0.233 e. The van der Waals surface area contributed by atoms with Crippen LogP contribution in [0.3, 0.4) is 0 Å². The van der Waals surface area contributed by atoms with Gasteiger partial charge in [-0.15, -0.1) is 17.9 Å². The Morgan fingerprint density at radius 1 is 0.701 bits per heavy atom.